The standard InChI is InChI=1S/C9H10N4O2/c14-8-2-1-6(12-8)9(15)13-7-3-4-10-5-11-7/h3-6H,1-2H2,(H,12,14)(H,10,11,13,15). The van der Waals surface area contributed by atoms with Crippen LogP contribution in [-0.2, 0) is 9.59 Å². The van der Waals surface area contributed by atoms with Crippen molar-refractivity contribution in [1.29, 1.82) is 0 Å². The van der Waals surface area contributed by atoms with Crippen molar-refractivity contribution < 1.29 is 9.59 Å². The molecule has 78 valence electrons. The van der Waals surface area contributed by atoms with Crippen LogP contribution in [0, 0.1) is 0 Å². The van der Waals surface area contributed by atoms with E-state index in [4.69, 9.17) is 0 Å². The van der Waals surface area contributed by atoms with Gasteiger partial charge in [0.2, 0.25) is 11.8 Å². The summed E-state index contributed by atoms with van der Waals surface area (Å²) in [5.74, 6) is 0.119. The number of hydrogen-bond acceptors (Lipinski definition) is 4. The lowest BCUT2D eigenvalue weighted by Crippen LogP contribution is -2.37. The van der Waals surface area contributed by atoms with E-state index in [0.29, 0.717) is 18.7 Å². The fraction of sp³-hybridized carbons (Fsp3) is 0.333. The van der Waals surface area contributed by atoms with Crippen molar-refractivity contribution in [3.8, 4) is 0 Å². The van der Waals surface area contributed by atoms with Gasteiger partial charge in [-0.05, 0) is 12.5 Å². The molecule has 6 heteroatoms. The van der Waals surface area contributed by atoms with Crippen molar-refractivity contribution in [3.05, 3.63) is 18.6 Å². The number of carbonyl (C=O) groups is 2. The first-order chi connectivity index (χ1) is 7.25. The van der Waals surface area contributed by atoms with Gasteiger partial charge in [-0.25, -0.2) is 9.97 Å². The van der Waals surface area contributed by atoms with E-state index in [2.05, 4.69) is 20.6 Å². The summed E-state index contributed by atoms with van der Waals surface area (Å²) in [6.45, 7) is 0. The van der Waals surface area contributed by atoms with Crippen LogP contribution in [0.5, 0.6) is 0 Å². The Morgan fingerprint density at radius 1 is 1.60 bits per heavy atom. The molecular formula is C9H10N4O2. The molecule has 2 rings (SSSR count). The predicted octanol–water partition coefficient (Wildman–Crippen LogP) is -0.306. The molecule has 0 aromatic carbocycles. The van der Waals surface area contributed by atoms with Crippen LogP contribution in [0.4, 0.5) is 5.82 Å². The summed E-state index contributed by atoms with van der Waals surface area (Å²) in [7, 11) is 0. The first-order valence-electron chi connectivity index (χ1n) is 4.62. The van der Waals surface area contributed by atoms with Gasteiger partial charge >= 0.3 is 0 Å². The third kappa shape index (κ3) is 2.28. The molecule has 0 aliphatic carbocycles. The number of hydrogen-bond donors (Lipinski definition) is 2. The van der Waals surface area contributed by atoms with Crippen LogP contribution in [0.25, 0.3) is 0 Å². The van der Waals surface area contributed by atoms with Gasteiger partial charge in [0.1, 0.15) is 18.2 Å². The summed E-state index contributed by atoms with van der Waals surface area (Å²) in [5, 5.41) is 5.18. The molecule has 0 spiro atoms. The topological polar surface area (TPSA) is 84.0 Å². The molecule has 0 radical (unpaired) electrons. The highest BCUT2D eigenvalue weighted by Gasteiger charge is 2.27. The molecule has 0 saturated carbocycles. The fourth-order valence-corrected chi connectivity index (χ4v) is 1.39. The maximum atomic E-state index is 11.6. The Kier molecular flexibility index (Phi) is 2.57. The second-order valence-corrected chi connectivity index (χ2v) is 3.24. The third-order valence-electron chi connectivity index (χ3n) is 2.15. The van der Waals surface area contributed by atoms with Crippen molar-refractivity contribution >= 4 is 17.6 Å². The zero-order chi connectivity index (χ0) is 10.7. The van der Waals surface area contributed by atoms with Crippen LogP contribution in [-0.4, -0.2) is 27.8 Å². The van der Waals surface area contributed by atoms with E-state index in [9.17, 15) is 9.59 Å². The Bertz CT molecular complexity index is 379. The molecule has 2 heterocycles. The van der Waals surface area contributed by atoms with Crippen LogP contribution < -0.4 is 10.6 Å². The number of rotatable bonds is 2. The first kappa shape index (κ1) is 9.57. The van der Waals surface area contributed by atoms with Gasteiger partial charge in [-0.3, -0.25) is 9.59 Å². The monoisotopic (exact) mass is 206 g/mol. The highest BCUT2D eigenvalue weighted by molar-refractivity contribution is 5.98. The molecule has 1 fully saturated rings. The molecule has 1 aliphatic rings. The Hall–Kier alpha value is -1.98. The lowest BCUT2D eigenvalue weighted by Gasteiger charge is -2.09. The molecule has 1 aromatic rings. The van der Waals surface area contributed by atoms with Gasteiger partial charge in [0.15, 0.2) is 0 Å². The molecule has 15 heavy (non-hydrogen) atoms. The predicted molar refractivity (Wildman–Crippen MR) is 51.8 cm³/mol. The van der Waals surface area contributed by atoms with Crippen molar-refractivity contribution in [2.24, 2.45) is 0 Å². The summed E-state index contributed by atoms with van der Waals surface area (Å²) in [4.78, 5) is 30.1. The highest BCUT2D eigenvalue weighted by atomic mass is 16.2. The van der Waals surface area contributed by atoms with Crippen molar-refractivity contribution in [1.82, 2.24) is 15.3 Å². The van der Waals surface area contributed by atoms with E-state index >= 15 is 0 Å². The molecule has 6 nitrogen and oxygen atoms in total. The number of aromatic nitrogens is 2. The number of nitrogens with zero attached hydrogens (tertiary/aromatic N) is 2. The van der Waals surface area contributed by atoms with Crippen LogP contribution in [0.3, 0.4) is 0 Å². The molecule has 2 amide bonds. The molecular weight excluding hydrogens is 196 g/mol. The number of carbonyl (C=O) groups excluding carboxylic acids is 2. The quantitative estimate of drug-likeness (QED) is 0.695. The summed E-state index contributed by atoms with van der Waals surface area (Å²) >= 11 is 0. The smallest absolute Gasteiger partial charge is 0.248 e. The number of anilines is 1. The van der Waals surface area contributed by atoms with Crippen LogP contribution in [0.1, 0.15) is 12.8 Å². The maximum absolute atomic E-state index is 11.6. The van der Waals surface area contributed by atoms with Gasteiger partial charge in [-0.2, -0.15) is 0 Å². The van der Waals surface area contributed by atoms with E-state index in [0.717, 1.165) is 0 Å². The minimum Gasteiger partial charge on any atom is -0.344 e. The van der Waals surface area contributed by atoms with E-state index < -0.39 is 6.04 Å². The van der Waals surface area contributed by atoms with Gasteiger partial charge in [0.25, 0.3) is 0 Å². The average Bonchev–Trinajstić information content (AvgIpc) is 2.66. The van der Waals surface area contributed by atoms with E-state index in [1.807, 2.05) is 0 Å². The van der Waals surface area contributed by atoms with Gasteiger partial charge in [0.05, 0.1) is 0 Å². The largest absolute Gasteiger partial charge is 0.344 e. The SMILES string of the molecule is O=C1CCC(C(=O)Nc2ccncn2)N1. The summed E-state index contributed by atoms with van der Waals surface area (Å²) in [5.41, 5.74) is 0. The molecule has 0 bridgehead atoms. The van der Waals surface area contributed by atoms with Crippen LogP contribution in [0.2, 0.25) is 0 Å². The highest BCUT2D eigenvalue weighted by Crippen LogP contribution is 2.08. The number of amides is 2. The van der Waals surface area contributed by atoms with Gasteiger partial charge in [0, 0.05) is 12.6 Å². The first-order valence-corrected chi connectivity index (χ1v) is 4.62. The van der Waals surface area contributed by atoms with Crippen molar-refractivity contribution in [2.45, 2.75) is 18.9 Å². The lowest BCUT2D eigenvalue weighted by molar-refractivity contribution is -0.122. The molecule has 2 N–H and O–H groups in total. The zero-order valence-electron chi connectivity index (χ0n) is 7.93. The molecule has 1 aliphatic heterocycles. The summed E-state index contributed by atoms with van der Waals surface area (Å²) < 4.78 is 0. The molecule has 1 aromatic heterocycles. The minimum absolute atomic E-state index is 0.0853. The Balaban J connectivity index is 1.96. The third-order valence-corrected chi connectivity index (χ3v) is 2.15. The number of nitrogens with one attached hydrogen (secondary N) is 2. The lowest BCUT2D eigenvalue weighted by atomic mass is 10.2. The van der Waals surface area contributed by atoms with E-state index in [-0.39, 0.29) is 11.8 Å². The normalized spacial score (nSPS) is 19.7. The van der Waals surface area contributed by atoms with E-state index in [1.165, 1.54) is 12.5 Å². The van der Waals surface area contributed by atoms with Gasteiger partial charge < -0.3 is 10.6 Å². The van der Waals surface area contributed by atoms with Crippen LogP contribution >= 0.6 is 0 Å². The van der Waals surface area contributed by atoms with Crippen molar-refractivity contribution in [2.75, 3.05) is 5.32 Å². The van der Waals surface area contributed by atoms with Crippen molar-refractivity contribution in [3.63, 3.8) is 0 Å². The summed E-state index contributed by atoms with van der Waals surface area (Å²) in [6.07, 6.45) is 3.83. The molecule has 1 unspecified atom stereocenters. The summed E-state index contributed by atoms with van der Waals surface area (Å²) in [6, 6.07) is 1.15. The Morgan fingerprint density at radius 3 is 3.07 bits per heavy atom. The Labute approximate surface area is 86.1 Å². The fourth-order valence-electron chi connectivity index (χ4n) is 1.39. The van der Waals surface area contributed by atoms with Gasteiger partial charge in [-0.15, -0.1) is 0 Å². The zero-order valence-corrected chi connectivity index (χ0v) is 7.93. The van der Waals surface area contributed by atoms with E-state index in [1.54, 1.807) is 6.07 Å². The second kappa shape index (κ2) is 4.04. The average molecular weight is 206 g/mol. The minimum atomic E-state index is -0.438. The Morgan fingerprint density at radius 2 is 2.47 bits per heavy atom. The van der Waals surface area contributed by atoms with Gasteiger partial charge in [-0.1, -0.05) is 0 Å². The maximum Gasteiger partial charge on any atom is 0.248 e. The second-order valence-electron chi connectivity index (χ2n) is 3.24. The molecule has 1 saturated heterocycles. The van der Waals surface area contributed by atoms with Crippen LogP contribution in [0.15, 0.2) is 18.6 Å². The molecule has 1 atom stereocenters.